The van der Waals surface area contributed by atoms with E-state index < -0.39 is 8.32 Å². The van der Waals surface area contributed by atoms with Crippen molar-refractivity contribution in [2.45, 2.75) is 85.7 Å². The third-order valence-electron chi connectivity index (χ3n) is 5.48. The zero-order valence-corrected chi connectivity index (χ0v) is 18.4. The molecule has 0 aliphatic carbocycles. The molecule has 0 aromatic rings. The molecule has 5 heteroatoms. The smallest absolute Gasteiger partial charge is 0.228 e. The zero-order valence-electron chi connectivity index (χ0n) is 16.5. The Morgan fingerprint density at radius 3 is 2.00 bits per heavy atom. The van der Waals surface area contributed by atoms with Gasteiger partial charge in [0.2, 0.25) is 5.91 Å². The van der Waals surface area contributed by atoms with Crippen molar-refractivity contribution in [3.05, 3.63) is 0 Å². The number of carbonyl (C=O) groups excluding carboxylic acids is 1. The van der Waals surface area contributed by atoms with E-state index in [2.05, 4.69) is 66.9 Å². The SMILES string of the molecule is C[C@@H](O[Si](C)(C)C(C)(C)C)[C@H]1C(=O)N[C@@H]1[C@@H](C)C(=S)C(C)(C)C. The molecule has 0 saturated carbocycles. The van der Waals surface area contributed by atoms with E-state index in [1.165, 1.54) is 0 Å². The van der Waals surface area contributed by atoms with Gasteiger partial charge in [-0.3, -0.25) is 4.79 Å². The van der Waals surface area contributed by atoms with Gasteiger partial charge >= 0.3 is 0 Å². The Morgan fingerprint density at radius 1 is 1.17 bits per heavy atom. The average Bonchev–Trinajstić information content (AvgIpc) is 2.30. The topological polar surface area (TPSA) is 38.3 Å². The summed E-state index contributed by atoms with van der Waals surface area (Å²) in [5.41, 5.74) is -0.0247. The van der Waals surface area contributed by atoms with Gasteiger partial charge in [-0.2, -0.15) is 0 Å². The van der Waals surface area contributed by atoms with Crippen LogP contribution in [0.2, 0.25) is 18.1 Å². The number of hydrogen-bond donors (Lipinski definition) is 1. The standard InChI is InChI=1S/C18H35NO2SSi/c1-11(15(22)17(3,4)5)14-13(16(20)19-14)12(2)21-23(9,10)18(6,7)8/h11-14H,1-10H3,(H,19,20)/t11-,12-,13-,14-/m1/s1. The second kappa shape index (κ2) is 6.56. The van der Waals surface area contributed by atoms with E-state index in [1.807, 2.05) is 6.92 Å². The molecule has 1 heterocycles. The van der Waals surface area contributed by atoms with Crippen LogP contribution < -0.4 is 5.32 Å². The molecule has 1 saturated heterocycles. The molecule has 1 rings (SSSR count). The van der Waals surface area contributed by atoms with Crippen molar-refractivity contribution in [2.24, 2.45) is 17.3 Å². The number of rotatable bonds is 5. The summed E-state index contributed by atoms with van der Waals surface area (Å²) in [5, 5.41) is 3.20. The summed E-state index contributed by atoms with van der Waals surface area (Å²) in [4.78, 5) is 13.2. The summed E-state index contributed by atoms with van der Waals surface area (Å²) >= 11 is 5.65. The Kier molecular flexibility index (Phi) is 5.93. The highest BCUT2D eigenvalue weighted by atomic mass is 32.1. The fourth-order valence-electron chi connectivity index (χ4n) is 2.92. The van der Waals surface area contributed by atoms with Gasteiger partial charge in [0, 0.05) is 16.8 Å². The summed E-state index contributed by atoms with van der Waals surface area (Å²) in [7, 11) is -1.88. The Morgan fingerprint density at radius 2 is 1.65 bits per heavy atom. The van der Waals surface area contributed by atoms with Gasteiger partial charge in [-0.25, -0.2) is 0 Å². The van der Waals surface area contributed by atoms with Crippen LogP contribution in [0.4, 0.5) is 0 Å². The molecule has 23 heavy (non-hydrogen) atoms. The second-order valence-electron chi connectivity index (χ2n) is 9.55. The molecule has 0 aromatic carbocycles. The van der Waals surface area contributed by atoms with Crippen molar-refractivity contribution in [3.63, 3.8) is 0 Å². The lowest BCUT2D eigenvalue weighted by Crippen LogP contribution is -2.67. The molecule has 4 atom stereocenters. The minimum Gasteiger partial charge on any atom is -0.413 e. The lowest BCUT2D eigenvalue weighted by molar-refractivity contribution is -0.141. The van der Waals surface area contributed by atoms with Gasteiger partial charge in [0.15, 0.2) is 8.32 Å². The first-order chi connectivity index (χ1) is 10.1. The molecule has 0 spiro atoms. The van der Waals surface area contributed by atoms with Crippen LogP contribution in [-0.2, 0) is 9.22 Å². The minimum atomic E-state index is -1.88. The number of amides is 1. The van der Waals surface area contributed by atoms with Crippen LogP contribution in [0.5, 0.6) is 0 Å². The van der Waals surface area contributed by atoms with Crippen LogP contribution >= 0.6 is 12.2 Å². The first-order valence-electron chi connectivity index (χ1n) is 8.62. The normalized spacial score (nSPS) is 25.4. The van der Waals surface area contributed by atoms with Crippen molar-refractivity contribution < 1.29 is 9.22 Å². The molecule has 1 amide bonds. The number of thiocarbonyl (C=S) groups is 1. The number of hydrogen-bond acceptors (Lipinski definition) is 3. The summed E-state index contributed by atoms with van der Waals surface area (Å²) < 4.78 is 6.46. The van der Waals surface area contributed by atoms with Gasteiger partial charge in [0.05, 0.1) is 12.0 Å². The Labute approximate surface area is 149 Å². The molecule has 1 fully saturated rings. The molecule has 0 aromatic heterocycles. The molecule has 1 aliphatic rings. The minimum absolute atomic E-state index is 0.0247. The van der Waals surface area contributed by atoms with Crippen LogP contribution in [-0.4, -0.2) is 31.2 Å². The maximum absolute atomic E-state index is 12.2. The number of carbonyl (C=O) groups is 1. The van der Waals surface area contributed by atoms with Crippen molar-refractivity contribution in [1.82, 2.24) is 5.32 Å². The van der Waals surface area contributed by atoms with E-state index in [0.29, 0.717) is 0 Å². The average molecular weight is 358 g/mol. The van der Waals surface area contributed by atoms with E-state index in [9.17, 15) is 4.79 Å². The van der Waals surface area contributed by atoms with Gasteiger partial charge in [0.1, 0.15) is 0 Å². The predicted molar refractivity (Wildman–Crippen MR) is 104 cm³/mol. The Hall–Kier alpha value is -0.263. The summed E-state index contributed by atoms with van der Waals surface area (Å²) in [6, 6.07) is 0.0917. The zero-order chi connectivity index (χ0) is 18.4. The maximum atomic E-state index is 12.2. The van der Waals surface area contributed by atoms with E-state index >= 15 is 0 Å². The molecule has 1 N–H and O–H groups in total. The summed E-state index contributed by atoms with van der Waals surface area (Å²) in [5.74, 6) is 0.183. The quantitative estimate of drug-likeness (QED) is 0.445. The van der Waals surface area contributed by atoms with E-state index in [1.54, 1.807) is 0 Å². The molecular weight excluding hydrogens is 322 g/mol. The lowest BCUT2D eigenvalue weighted by Gasteiger charge is -2.48. The molecule has 0 unspecified atom stereocenters. The van der Waals surface area contributed by atoms with Crippen LogP contribution in [0, 0.1) is 17.3 Å². The van der Waals surface area contributed by atoms with Crippen LogP contribution in [0.1, 0.15) is 55.4 Å². The van der Waals surface area contributed by atoms with Crippen LogP contribution in [0.3, 0.4) is 0 Å². The maximum Gasteiger partial charge on any atom is 0.228 e. The van der Waals surface area contributed by atoms with E-state index in [-0.39, 0.29) is 40.3 Å². The predicted octanol–water partition coefficient (Wildman–Crippen LogP) is 4.56. The summed E-state index contributed by atoms with van der Waals surface area (Å²) in [6.45, 7) is 21.7. The molecule has 0 bridgehead atoms. The van der Waals surface area contributed by atoms with Gasteiger partial charge in [-0.15, -0.1) is 0 Å². The van der Waals surface area contributed by atoms with Crippen molar-refractivity contribution in [3.8, 4) is 0 Å². The largest absolute Gasteiger partial charge is 0.413 e. The van der Waals surface area contributed by atoms with Crippen LogP contribution in [0.25, 0.3) is 0 Å². The third-order valence-corrected chi connectivity index (χ3v) is 11.0. The highest BCUT2D eigenvalue weighted by Gasteiger charge is 2.50. The van der Waals surface area contributed by atoms with E-state index in [4.69, 9.17) is 16.6 Å². The second-order valence-corrected chi connectivity index (χ2v) is 14.7. The van der Waals surface area contributed by atoms with E-state index in [0.717, 1.165) is 4.86 Å². The molecular formula is C18H35NO2SSi. The van der Waals surface area contributed by atoms with Crippen molar-refractivity contribution in [1.29, 1.82) is 0 Å². The summed E-state index contributed by atoms with van der Waals surface area (Å²) in [6.07, 6.45) is -0.0696. The fraction of sp³-hybridized carbons (Fsp3) is 0.889. The monoisotopic (exact) mass is 357 g/mol. The van der Waals surface area contributed by atoms with Gasteiger partial charge in [-0.05, 0) is 30.5 Å². The lowest BCUT2D eigenvalue weighted by atomic mass is 9.73. The van der Waals surface area contributed by atoms with Gasteiger partial charge in [0.25, 0.3) is 0 Å². The molecule has 1 aliphatic heterocycles. The Balaban J connectivity index is 2.86. The highest BCUT2D eigenvalue weighted by Crippen LogP contribution is 2.40. The molecule has 0 radical (unpaired) electrons. The first kappa shape index (κ1) is 20.8. The fourth-order valence-corrected chi connectivity index (χ4v) is 4.50. The van der Waals surface area contributed by atoms with Gasteiger partial charge in [-0.1, -0.05) is 60.7 Å². The third kappa shape index (κ3) is 4.43. The first-order valence-corrected chi connectivity index (χ1v) is 11.9. The Bertz CT molecular complexity index is 476. The van der Waals surface area contributed by atoms with Gasteiger partial charge < -0.3 is 9.74 Å². The van der Waals surface area contributed by atoms with Crippen molar-refractivity contribution >= 4 is 31.3 Å². The van der Waals surface area contributed by atoms with Crippen molar-refractivity contribution in [2.75, 3.05) is 0 Å². The highest BCUT2D eigenvalue weighted by molar-refractivity contribution is 7.80. The number of nitrogens with one attached hydrogen (secondary N) is 1. The molecule has 134 valence electrons. The van der Waals surface area contributed by atoms with Crippen LogP contribution in [0.15, 0.2) is 0 Å². The molecule has 3 nitrogen and oxygen atoms in total. The number of β-lactam (4-membered cyclic amide) rings is 1.